The number of hydrogen-bond donors (Lipinski definition) is 1. The highest BCUT2D eigenvalue weighted by Crippen LogP contribution is 2.29. The molecule has 3 rings (SSSR count). The molecule has 0 radical (unpaired) electrons. The van der Waals surface area contributed by atoms with Crippen LogP contribution >= 0.6 is 0 Å². The van der Waals surface area contributed by atoms with Crippen LogP contribution in [-0.4, -0.2) is 63.1 Å². The summed E-state index contributed by atoms with van der Waals surface area (Å²) in [7, 11) is -3.36. The quantitative estimate of drug-likeness (QED) is 0.726. The fourth-order valence-electron chi connectivity index (χ4n) is 3.42. The number of halogens is 3. The highest BCUT2D eigenvalue weighted by atomic mass is 32.2. The Morgan fingerprint density at radius 1 is 1.00 bits per heavy atom. The number of anilines is 1. The molecule has 0 aromatic heterocycles. The molecule has 0 atom stereocenters. The average Bonchev–Trinajstić information content (AvgIpc) is 2.68. The Bertz CT molecular complexity index is 1030. The van der Waals surface area contributed by atoms with Gasteiger partial charge in [-0.3, -0.25) is 14.6 Å². The number of nitrogens with zero attached hydrogens (tertiary/aromatic N) is 2. The summed E-state index contributed by atoms with van der Waals surface area (Å²) < 4.78 is 61.9. The minimum Gasteiger partial charge on any atom is -0.325 e. The predicted octanol–water partition coefficient (Wildman–Crippen LogP) is 2.87. The normalized spacial score (nSPS) is 16.3. The lowest BCUT2D eigenvalue weighted by molar-refractivity contribution is -0.137. The molecule has 2 aromatic carbocycles. The van der Waals surface area contributed by atoms with Gasteiger partial charge in [0.1, 0.15) is 0 Å². The van der Waals surface area contributed by atoms with E-state index in [2.05, 4.69) is 10.2 Å². The summed E-state index contributed by atoms with van der Waals surface area (Å²) >= 11 is 0. The molecule has 1 amide bonds. The summed E-state index contributed by atoms with van der Waals surface area (Å²) in [4.78, 5) is 16.5. The van der Waals surface area contributed by atoms with E-state index in [1.54, 1.807) is 18.2 Å². The van der Waals surface area contributed by atoms with E-state index >= 15 is 0 Å². The molecule has 0 saturated carbocycles. The monoisotopic (exact) mass is 455 g/mol. The van der Waals surface area contributed by atoms with Crippen LogP contribution in [0.3, 0.4) is 0 Å². The molecule has 1 N–H and O–H groups in total. The zero-order valence-corrected chi connectivity index (χ0v) is 17.8. The second-order valence-electron chi connectivity index (χ2n) is 7.60. The number of benzene rings is 2. The largest absolute Gasteiger partial charge is 0.416 e. The molecule has 1 aliphatic heterocycles. The Hall–Kier alpha value is -2.43. The van der Waals surface area contributed by atoms with E-state index in [1.165, 1.54) is 24.3 Å². The van der Waals surface area contributed by atoms with Crippen molar-refractivity contribution < 1.29 is 26.4 Å². The maximum Gasteiger partial charge on any atom is 0.416 e. The van der Waals surface area contributed by atoms with Crippen molar-refractivity contribution in [3.8, 4) is 0 Å². The van der Waals surface area contributed by atoms with Crippen molar-refractivity contribution in [3.05, 3.63) is 59.7 Å². The fourth-order valence-corrected chi connectivity index (χ4v) is 4.08. The van der Waals surface area contributed by atoms with Gasteiger partial charge in [0.15, 0.2) is 9.84 Å². The van der Waals surface area contributed by atoms with Crippen molar-refractivity contribution >= 4 is 21.4 Å². The van der Waals surface area contributed by atoms with Crippen molar-refractivity contribution in [1.29, 1.82) is 0 Å². The van der Waals surface area contributed by atoms with Crippen LogP contribution in [0.2, 0.25) is 0 Å². The van der Waals surface area contributed by atoms with Crippen LogP contribution in [0.4, 0.5) is 18.9 Å². The zero-order chi connectivity index (χ0) is 22.6. The van der Waals surface area contributed by atoms with Crippen LogP contribution in [0.5, 0.6) is 0 Å². The van der Waals surface area contributed by atoms with Gasteiger partial charge in [0.25, 0.3) is 0 Å². The molecule has 168 valence electrons. The summed E-state index contributed by atoms with van der Waals surface area (Å²) in [5.41, 5.74) is 0.364. The summed E-state index contributed by atoms with van der Waals surface area (Å²) in [6.07, 6.45) is -3.25. The van der Waals surface area contributed by atoms with Gasteiger partial charge in [-0.25, -0.2) is 8.42 Å². The third kappa shape index (κ3) is 6.78. The van der Waals surface area contributed by atoms with E-state index in [4.69, 9.17) is 0 Å². The second-order valence-corrected chi connectivity index (χ2v) is 9.61. The van der Waals surface area contributed by atoms with E-state index in [9.17, 15) is 26.4 Å². The molecule has 1 aliphatic rings. The molecule has 0 bridgehead atoms. The summed E-state index contributed by atoms with van der Waals surface area (Å²) in [5, 5.41) is 2.71. The van der Waals surface area contributed by atoms with Gasteiger partial charge in [-0.05, 0) is 29.8 Å². The molecule has 1 fully saturated rings. The molecule has 0 unspecified atom stereocenters. The molecular formula is C21H24F3N3O3S. The molecule has 6 nitrogen and oxygen atoms in total. The number of carbonyl (C=O) groups is 1. The minimum absolute atomic E-state index is 0.133. The van der Waals surface area contributed by atoms with E-state index in [0.29, 0.717) is 44.0 Å². The Morgan fingerprint density at radius 2 is 1.65 bits per heavy atom. The molecule has 1 saturated heterocycles. The van der Waals surface area contributed by atoms with Crippen molar-refractivity contribution in [1.82, 2.24) is 9.80 Å². The Labute approximate surface area is 179 Å². The molecule has 10 heteroatoms. The number of sulfone groups is 1. The third-order valence-corrected chi connectivity index (χ3v) is 6.15. The lowest BCUT2D eigenvalue weighted by atomic mass is 10.1. The molecular weight excluding hydrogens is 431 g/mol. The Balaban J connectivity index is 1.49. The van der Waals surface area contributed by atoms with Gasteiger partial charge in [-0.1, -0.05) is 24.3 Å². The Kier molecular flexibility index (Phi) is 7.03. The second kappa shape index (κ2) is 9.37. The number of nitrogens with one attached hydrogen (secondary N) is 1. The maximum absolute atomic E-state index is 12.9. The number of alkyl halides is 3. The summed E-state index contributed by atoms with van der Waals surface area (Å²) in [5.74, 6) is -0.253. The topological polar surface area (TPSA) is 69.7 Å². The molecule has 2 aromatic rings. The van der Waals surface area contributed by atoms with Crippen LogP contribution in [0.1, 0.15) is 11.1 Å². The number of amides is 1. The summed E-state index contributed by atoms with van der Waals surface area (Å²) in [6.45, 7) is 3.05. The smallest absolute Gasteiger partial charge is 0.325 e. The number of hydrogen-bond acceptors (Lipinski definition) is 5. The van der Waals surface area contributed by atoms with Gasteiger partial charge < -0.3 is 5.32 Å². The first-order valence-electron chi connectivity index (χ1n) is 9.71. The summed E-state index contributed by atoms with van der Waals surface area (Å²) in [6, 6.07) is 11.4. The lowest BCUT2D eigenvalue weighted by Crippen LogP contribution is -2.48. The third-order valence-electron chi connectivity index (χ3n) is 5.04. The van der Waals surface area contributed by atoms with Crippen LogP contribution < -0.4 is 5.32 Å². The molecule has 0 aliphatic carbocycles. The van der Waals surface area contributed by atoms with Crippen molar-refractivity contribution in [2.45, 2.75) is 17.6 Å². The first-order chi connectivity index (χ1) is 14.5. The number of carbonyl (C=O) groups excluding carboxylic acids is 1. The van der Waals surface area contributed by atoms with Gasteiger partial charge in [0, 0.05) is 44.7 Å². The van der Waals surface area contributed by atoms with Gasteiger partial charge in [0.2, 0.25) is 5.91 Å². The van der Waals surface area contributed by atoms with Crippen molar-refractivity contribution in [2.75, 3.05) is 44.3 Å². The van der Waals surface area contributed by atoms with Gasteiger partial charge in [-0.15, -0.1) is 0 Å². The van der Waals surface area contributed by atoms with Gasteiger partial charge in [-0.2, -0.15) is 13.2 Å². The zero-order valence-electron chi connectivity index (χ0n) is 17.0. The highest BCUT2D eigenvalue weighted by Gasteiger charge is 2.30. The van der Waals surface area contributed by atoms with Crippen LogP contribution in [0, 0.1) is 0 Å². The van der Waals surface area contributed by atoms with Crippen LogP contribution in [0.25, 0.3) is 0 Å². The molecule has 1 heterocycles. The maximum atomic E-state index is 12.9. The number of rotatable bonds is 6. The fraction of sp³-hybridized carbons (Fsp3) is 0.381. The predicted molar refractivity (Wildman–Crippen MR) is 111 cm³/mol. The van der Waals surface area contributed by atoms with E-state index in [1.807, 2.05) is 4.90 Å². The van der Waals surface area contributed by atoms with Gasteiger partial charge in [0.05, 0.1) is 17.0 Å². The van der Waals surface area contributed by atoms with Crippen LogP contribution in [0.15, 0.2) is 53.4 Å². The van der Waals surface area contributed by atoms with Crippen LogP contribution in [-0.2, 0) is 27.4 Å². The highest BCUT2D eigenvalue weighted by molar-refractivity contribution is 7.90. The lowest BCUT2D eigenvalue weighted by Gasteiger charge is -2.34. The standard InChI is InChI=1S/C21H24F3N3O3S/c1-31(29,30)19-7-3-6-18(13-19)25-20(28)15-27-10-8-26(9-11-27)14-16-4-2-5-17(12-16)21(22,23)24/h2-7,12-13H,8-11,14-15H2,1H3,(H,25,28). The Morgan fingerprint density at radius 3 is 2.29 bits per heavy atom. The SMILES string of the molecule is CS(=O)(=O)c1cccc(NC(=O)CN2CCN(Cc3cccc(C(F)(F)F)c3)CC2)c1. The van der Waals surface area contributed by atoms with E-state index in [0.717, 1.165) is 12.3 Å². The van der Waals surface area contributed by atoms with Crippen molar-refractivity contribution in [3.63, 3.8) is 0 Å². The minimum atomic E-state index is -4.36. The molecule has 0 spiro atoms. The first kappa shape index (κ1) is 23.2. The van der Waals surface area contributed by atoms with E-state index < -0.39 is 21.6 Å². The first-order valence-corrected chi connectivity index (χ1v) is 11.6. The molecule has 31 heavy (non-hydrogen) atoms. The average molecular weight is 456 g/mol. The number of piperazine rings is 1. The van der Waals surface area contributed by atoms with E-state index in [-0.39, 0.29) is 17.3 Å². The van der Waals surface area contributed by atoms with Crippen molar-refractivity contribution in [2.24, 2.45) is 0 Å². The van der Waals surface area contributed by atoms with Gasteiger partial charge >= 0.3 is 6.18 Å².